The van der Waals surface area contributed by atoms with Crippen molar-refractivity contribution in [3.05, 3.63) is 28.3 Å². The number of nitro groups is 1. The van der Waals surface area contributed by atoms with Gasteiger partial charge in [0.15, 0.2) is 0 Å². The van der Waals surface area contributed by atoms with E-state index in [0.717, 1.165) is 0 Å². The molecule has 1 rings (SSSR count). The van der Waals surface area contributed by atoms with Crippen LogP contribution >= 0.6 is 0 Å². The predicted molar refractivity (Wildman–Crippen MR) is 72.9 cm³/mol. The third-order valence-corrected chi connectivity index (χ3v) is 3.16. The SMILES string of the molecule is CS(=O)CCCNc1cccc(NN)c1[N+](=O)[O-]. The summed E-state index contributed by atoms with van der Waals surface area (Å²) in [6, 6.07) is 4.81. The van der Waals surface area contributed by atoms with Crippen molar-refractivity contribution >= 4 is 27.9 Å². The number of hydrogen-bond acceptors (Lipinski definition) is 6. The highest BCUT2D eigenvalue weighted by Gasteiger charge is 2.18. The van der Waals surface area contributed by atoms with Gasteiger partial charge in [-0.3, -0.25) is 20.2 Å². The molecule has 0 saturated carbocycles. The Labute approximate surface area is 107 Å². The minimum absolute atomic E-state index is 0.0855. The Kier molecular flexibility index (Phi) is 5.53. The van der Waals surface area contributed by atoms with Gasteiger partial charge in [0.05, 0.1) is 4.92 Å². The van der Waals surface area contributed by atoms with Crippen LogP contribution in [0.25, 0.3) is 0 Å². The Morgan fingerprint density at radius 3 is 2.67 bits per heavy atom. The van der Waals surface area contributed by atoms with Crippen LogP contribution in [0.2, 0.25) is 0 Å². The fourth-order valence-electron chi connectivity index (χ4n) is 1.50. The molecule has 0 radical (unpaired) electrons. The summed E-state index contributed by atoms with van der Waals surface area (Å²) in [5.41, 5.74) is 2.86. The van der Waals surface area contributed by atoms with Gasteiger partial charge in [-0.15, -0.1) is 0 Å². The molecule has 4 N–H and O–H groups in total. The third-order valence-electron chi connectivity index (χ3n) is 2.30. The van der Waals surface area contributed by atoms with Crippen LogP contribution in [0, 0.1) is 10.1 Å². The highest BCUT2D eigenvalue weighted by Crippen LogP contribution is 2.31. The molecule has 0 aliphatic heterocycles. The van der Waals surface area contributed by atoms with Gasteiger partial charge in [-0.2, -0.15) is 0 Å². The topological polar surface area (TPSA) is 110 Å². The molecule has 1 unspecified atom stereocenters. The molecule has 0 amide bonds. The lowest BCUT2D eigenvalue weighted by molar-refractivity contribution is -0.383. The number of hydrogen-bond donors (Lipinski definition) is 3. The molecule has 0 aliphatic carbocycles. The van der Waals surface area contributed by atoms with Crippen molar-refractivity contribution in [3.63, 3.8) is 0 Å². The van der Waals surface area contributed by atoms with Gasteiger partial charge in [0.25, 0.3) is 0 Å². The molecule has 1 aromatic rings. The second-order valence-corrected chi connectivity index (χ2v) is 5.22. The lowest BCUT2D eigenvalue weighted by Crippen LogP contribution is -2.12. The van der Waals surface area contributed by atoms with Gasteiger partial charge in [0, 0.05) is 29.4 Å². The standard InChI is InChI=1S/C10H16N4O3S/c1-18(17)7-3-6-12-8-4-2-5-9(13-11)10(8)14(15)16/h2,4-5,12-13H,3,6-7,11H2,1H3. The fraction of sp³-hybridized carbons (Fsp3) is 0.400. The van der Waals surface area contributed by atoms with Crippen molar-refractivity contribution in [2.75, 3.05) is 29.3 Å². The summed E-state index contributed by atoms with van der Waals surface area (Å²) in [6.07, 6.45) is 2.31. The van der Waals surface area contributed by atoms with Gasteiger partial charge in [-0.05, 0) is 18.6 Å². The Morgan fingerprint density at radius 1 is 1.44 bits per heavy atom. The summed E-state index contributed by atoms with van der Waals surface area (Å²) in [5.74, 6) is 5.79. The second-order valence-electron chi connectivity index (χ2n) is 3.66. The van der Waals surface area contributed by atoms with Crippen LogP contribution in [0.5, 0.6) is 0 Å². The van der Waals surface area contributed by atoms with Crippen LogP contribution in [0.1, 0.15) is 6.42 Å². The largest absolute Gasteiger partial charge is 0.379 e. The molecular formula is C10H16N4O3S. The Morgan fingerprint density at radius 2 is 2.11 bits per heavy atom. The molecule has 18 heavy (non-hydrogen) atoms. The molecule has 1 atom stereocenters. The molecule has 0 spiro atoms. The van der Waals surface area contributed by atoms with E-state index in [1.807, 2.05) is 0 Å². The summed E-state index contributed by atoms with van der Waals surface area (Å²) in [7, 11) is -0.850. The van der Waals surface area contributed by atoms with Crippen LogP contribution in [-0.4, -0.2) is 27.7 Å². The monoisotopic (exact) mass is 272 g/mol. The molecule has 7 nitrogen and oxygen atoms in total. The maximum absolute atomic E-state index is 11.0. The van der Waals surface area contributed by atoms with E-state index in [1.165, 1.54) is 6.07 Å². The second kappa shape index (κ2) is 6.92. The van der Waals surface area contributed by atoms with Gasteiger partial charge in [-0.25, -0.2) is 0 Å². The third kappa shape index (κ3) is 3.97. The van der Waals surface area contributed by atoms with E-state index < -0.39 is 15.7 Å². The zero-order valence-electron chi connectivity index (χ0n) is 10.0. The lowest BCUT2D eigenvalue weighted by Gasteiger charge is -2.09. The molecule has 0 heterocycles. The number of nitrogens with zero attached hydrogens (tertiary/aromatic N) is 1. The summed E-state index contributed by atoms with van der Waals surface area (Å²) in [4.78, 5) is 10.5. The zero-order chi connectivity index (χ0) is 13.5. The lowest BCUT2D eigenvalue weighted by atomic mass is 10.2. The molecule has 100 valence electrons. The van der Waals surface area contributed by atoms with Crippen molar-refractivity contribution < 1.29 is 9.13 Å². The molecule has 0 bridgehead atoms. The van der Waals surface area contributed by atoms with Crippen LogP contribution in [-0.2, 0) is 10.8 Å². The molecule has 0 aliphatic rings. The van der Waals surface area contributed by atoms with Gasteiger partial charge in [0.1, 0.15) is 11.4 Å². The number of benzene rings is 1. The molecule has 0 aromatic heterocycles. The summed E-state index contributed by atoms with van der Waals surface area (Å²) in [6.45, 7) is 0.522. The van der Waals surface area contributed by atoms with Gasteiger partial charge < -0.3 is 10.7 Å². The smallest absolute Gasteiger partial charge is 0.316 e. The number of para-hydroxylation sites is 1. The average molecular weight is 272 g/mol. The number of nitrogens with two attached hydrogens (primary N) is 1. The van der Waals surface area contributed by atoms with E-state index in [4.69, 9.17) is 5.84 Å². The van der Waals surface area contributed by atoms with Gasteiger partial charge in [-0.1, -0.05) is 6.07 Å². The minimum atomic E-state index is -0.850. The van der Waals surface area contributed by atoms with E-state index in [-0.39, 0.29) is 11.4 Å². The average Bonchev–Trinajstić information content (AvgIpc) is 2.33. The maximum atomic E-state index is 11.0. The zero-order valence-corrected chi connectivity index (χ0v) is 10.8. The molecule has 0 saturated heterocycles. The molecule has 0 fully saturated rings. The summed E-state index contributed by atoms with van der Waals surface area (Å²) in [5, 5.41) is 13.9. The highest BCUT2D eigenvalue weighted by atomic mass is 32.2. The highest BCUT2D eigenvalue weighted by molar-refractivity contribution is 7.84. The van der Waals surface area contributed by atoms with Crippen LogP contribution in [0.3, 0.4) is 0 Å². The fourth-order valence-corrected chi connectivity index (χ4v) is 2.05. The normalized spacial score (nSPS) is 11.9. The first kappa shape index (κ1) is 14.4. The number of anilines is 2. The van der Waals surface area contributed by atoms with E-state index >= 15 is 0 Å². The number of nitro benzene ring substituents is 1. The van der Waals surface area contributed by atoms with E-state index in [2.05, 4.69) is 10.7 Å². The van der Waals surface area contributed by atoms with Gasteiger partial charge in [0.2, 0.25) is 0 Å². The van der Waals surface area contributed by atoms with Crippen molar-refractivity contribution in [1.82, 2.24) is 0 Å². The minimum Gasteiger partial charge on any atom is -0.379 e. The van der Waals surface area contributed by atoms with Crippen molar-refractivity contribution in [2.24, 2.45) is 5.84 Å². The van der Waals surface area contributed by atoms with Crippen molar-refractivity contribution in [2.45, 2.75) is 6.42 Å². The Hall–Kier alpha value is -1.67. The van der Waals surface area contributed by atoms with Crippen LogP contribution < -0.4 is 16.6 Å². The Balaban J connectivity index is 2.75. The molecule has 8 heteroatoms. The van der Waals surface area contributed by atoms with Crippen molar-refractivity contribution in [1.29, 1.82) is 0 Å². The molecule has 1 aromatic carbocycles. The first-order valence-corrected chi connectivity index (χ1v) is 7.07. The first-order chi connectivity index (χ1) is 8.56. The molecular weight excluding hydrogens is 256 g/mol. The number of hydrazine groups is 1. The number of nitrogens with one attached hydrogen (secondary N) is 2. The number of nitrogen functional groups attached to an aromatic ring is 1. The van der Waals surface area contributed by atoms with Crippen LogP contribution in [0.15, 0.2) is 18.2 Å². The first-order valence-electron chi connectivity index (χ1n) is 5.34. The Bertz CT molecular complexity index is 453. The van der Waals surface area contributed by atoms with Crippen molar-refractivity contribution in [3.8, 4) is 0 Å². The summed E-state index contributed by atoms with van der Waals surface area (Å²) >= 11 is 0. The quantitative estimate of drug-likeness (QED) is 0.296. The van der Waals surface area contributed by atoms with E-state index in [1.54, 1.807) is 18.4 Å². The van der Waals surface area contributed by atoms with Crippen LogP contribution in [0.4, 0.5) is 17.1 Å². The number of rotatable bonds is 7. The summed E-state index contributed by atoms with van der Waals surface area (Å²) < 4.78 is 10.9. The maximum Gasteiger partial charge on any atom is 0.316 e. The van der Waals surface area contributed by atoms with Gasteiger partial charge >= 0.3 is 5.69 Å². The van der Waals surface area contributed by atoms with E-state index in [0.29, 0.717) is 24.4 Å². The predicted octanol–water partition coefficient (Wildman–Crippen LogP) is 1.06. The van der Waals surface area contributed by atoms with E-state index in [9.17, 15) is 14.3 Å².